The predicted molar refractivity (Wildman–Crippen MR) is 63.8 cm³/mol. The number of aromatic nitrogens is 1. The van der Waals surface area contributed by atoms with Crippen LogP contribution in [0, 0.1) is 0 Å². The van der Waals surface area contributed by atoms with Gasteiger partial charge in [0.2, 0.25) is 0 Å². The number of methoxy groups -OCH3 is 1. The molecule has 0 saturated heterocycles. The van der Waals surface area contributed by atoms with Gasteiger partial charge in [-0.2, -0.15) is 0 Å². The zero-order chi connectivity index (χ0) is 12.1. The highest BCUT2D eigenvalue weighted by atomic mass is 16.5. The van der Waals surface area contributed by atoms with Crippen LogP contribution < -0.4 is 4.74 Å². The largest absolute Gasteiger partial charge is 0.489 e. The van der Waals surface area contributed by atoms with Crippen LogP contribution in [0.2, 0.25) is 0 Å². The van der Waals surface area contributed by atoms with Gasteiger partial charge in [-0.1, -0.05) is 0 Å². The Kier molecular flexibility index (Phi) is 4.34. The maximum absolute atomic E-state index is 8.90. The van der Waals surface area contributed by atoms with Crippen molar-refractivity contribution in [2.45, 2.75) is 44.5 Å². The van der Waals surface area contributed by atoms with Crippen molar-refractivity contribution >= 4 is 0 Å². The van der Waals surface area contributed by atoms with Gasteiger partial charge in [-0.3, -0.25) is 4.98 Å². The molecule has 0 spiro atoms. The minimum atomic E-state index is -0.0323. The molecule has 1 aliphatic carbocycles. The van der Waals surface area contributed by atoms with Gasteiger partial charge >= 0.3 is 0 Å². The minimum Gasteiger partial charge on any atom is -0.489 e. The van der Waals surface area contributed by atoms with E-state index in [0.29, 0.717) is 11.8 Å². The van der Waals surface area contributed by atoms with Crippen molar-refractivity contribution < 1.29 is 14.6 Å². The van der Waals surface area contributed by atoms with Crippen molar-refractivity contribution in [3.05, 3.63) is 24.0 Å². The van der Waals surface area contributed by atoms with Crippen LogP contribution in [0.3, 0.4) is 0 Å². The second kappa shape index (κ2) is 5.98. The Balaban J connectivity index is 1.90. The molecule has 0 bridgehead atoms. The van der Waals surface area contributed by atoms with Crippen LogP contribution in [-0.2, 0) is 11.3 Å². The molecular weight excluding hydrogens is 218 g/mol. The highest BCUT2D eigenvalue weighted by Crippen LogP contribution is 2.24. The number of rotatable bonds is 4. The molecule has 0 radical (unpaired) electrons. The van der Waals surface area contributed by atoms with Gasteiger partial charge < -0.3 is 14.6 Å². The molecule has 2 atom stereocenters. The fourth-order valence-corrected chi connectivity index (χ4v) is 2.19. The molecule has 4 nitrogen and oxygen atoms in total. The van der Waals surface area contributed by atoms with Gasteiger partial charge in [-0.05, 0) is 31.4 Å². The smallest absolute Gasteiger partial charge is 0.138 e. The normalized spacial score (nSPS) is 24.6. The van der Waals surface area contributed by atoms with Gasteiger partial charge in [0.1, 0.15) is 11.9 Å². The van der Waals surface area contributed by atoms with E-state index in [4.69, 9.17) is 14.6 Å². The molecule has 2 rings (SSSR count). The summed E-state index contributed by atoms with van der Waals surface area (Å²) >= 11 is 0. The number of nitrogens with zero attached hydrogens (tertiary/aromatic N) is 1. The lowest BCUT2D eigenvalue weighted by atomic mass is 9.95. The molecule has 1 fully saturated rings. The quantitative estimate of drug-likeness (QED) is 0.869. The van der Waals surface area contributed by atoms with Crippen molar-refractivity contribution in [1.82, 2.24) is 4.98 Å². The Labute approximate surface area is 102 Å². The van der Waals surface area contributed by atoms with E-state index in [1.165, 1.54) is 0 Å². The van der Waals surface area contributed by atoms with Gasteiger partial charge in [-0.25, -0.2) is 0 Å². The first kappa shape index (κ1) is 12.3. The van der Waals surface area contributed by atoms with Crippen molar-refractivity contribution in [3.8, 4) is 5.75 Å². The number of ether oxygens (including phenoxy) is 2. The fraction of sp³-hybridized carbons (Fsp3) is 0.615. The molecule has 1 N–H and O–H groups in total. The lowest BCUT2D eigenvalue weighted by Crippen LogP contribution is -2.29. The summed E-state index contributed by atoms with van der Waals surface area (Å²) < 4.78 is 11.2. The van der Waals surface area contributed by atoms with Crippen LogP contribution in [-0.4, -0.2) is 29.4 Å². The van der Waals surface area contributed by atoms with Crippen LogP contribution in [0.5, 0.6) is 5.75 Å². The van der Waals surface area contributed by atoms with Gasteiger partial charge in [0, 0.05) is 13.5 Å². The first-order chi connectivity index (χ1) is 8.31. The van der Waals surface area contributed by atoms with Crippen molar-refractivity contribution in [2.24, 2.45) is 0 Å². The number of aliphatic hydroxyl groups excluding tert-OH is 1. The number of hydrogen-bond acceptors (Lipinski definition) is 4. The highest BCUT2D eigenvalue weighted by Gasteiger charge is 2.22. The van der Waals surface area contributed by atoms with E-state index in [2.05, 4.69) is 4.98 Å². The van der Waals surface area contributed by atoms with Gasteiger partial charge in [0.05, 0.1) is 24.6 Å². The average Bonchev–Trinajstić information content (AvgIpc) is 2.40. The fourth-order valence-electron chi connectivity index (χ4n) is 2.19. The summed E-state index contributed by atoms with van der Waals surface area (Å²) in [6.45, 7) is -0.0323. The van der Waals surface area contributed by atoms with E-state index in [1.807, 2.05) is 6.07 Å². The zero-order valence-corrected chi connectivity index (χ0v) is 10.1. The van der Waals surface area contributed by atoms with Crippen LogP contribution >= 0.6 is 0 Å². The Hall–Kier alpha value is -1.13. The minimum absolute atomic E-state index is 0.0323. The summed E-state index contributed by atoms with van der Waals surface area (Å²) in [6, 6.07) is 3.64. The Morgan fingerprint density at radius 3 is 2.82 bits per heavy atom. The third-order valence-corrected chi connectivity index (χ3v) is 3.17. The molecule has 1 aliphatic rings. The van der Waals surface area contributed by atoms with Crippen LogP contribution in [0.4, 0.5) is 0 Å². The molecule has 1 aromatic rings. The molecular formula is C13H19NO3. The zero-order valence-electron chi connectivity index (χ0n) is 10.1. The molecule has 2 unspecified atom stereocenters. The summed E-state index contributed by atoms with van der Waals surface area (Å²) in [6.07, 6.45) is 6.49. The molecule has 1 heterocycles. The van der Waals surface area contributed by atoms with Crippen LogP contribution in [0.25, 0.3) is 0 Å². The van der Waals surface area contributed by atoms with E-state index in [0.717, 1.165) is 31.4 Å². The maximum atomic E-state index is 8.90. The topological polar surface area (TPSA) is 51.6 Å². The summed E-state index contributed by atoms with van der Waals surface area (Å²) in [5.74, 6) is 0.768. The van der Waals surface area contributed by atoms with E-state index in [-0.39, 0.29) is 12.7 Å². The SMILES string of the molecule is COC1CCCC(Oc2ccc(CO)nc2)C1. The van der Waals surface area contributed by atoms with E-state index >= 15 is 0 Å². The third-order valence-electron chi connectivity index (χ3n) is 3.17. The summed E-state index contributed by atoms with van der Waals surface area (Å²) in [5, 5.41) is 8.90. The van der Waals surface area contributed by atoms with Gasteiger partial charge in [0.25, 0.3) is 0 Å². The Bertz CT molecular complexity index is 339. The Morgan fingerprint density at radius 1 is 1.35 bits per heavy atom. The molecule has 0 aliphatic heterocycles. The van der Waals surface area contributed by atoms with Crippen molar-refractivity contribution in [1.29, 1.82) is 0 Å². The van der Waals surface area contributed by atoms with Gasteiger partial charge in [0.15, 0.2) is 0 Å². The molecule has 1 saturated carbocycles. The van der Waals surface area contributed by atoms with E-state index < -0.39 is 0 Å². The maximum Gasteiger partial charge on any atom is 0.138 e. The lowest BCUT2D eigenvalue weighted by Gasteiger charge is -2.28. The van der Waals surface area contributed by atoms with E-state index in [9.17, 15) is 0 Å². The van der Waals surface area contributed by atoms with E-state index in [1.54, 1.807) is 19.4 Å². The first-order valence-electron chi connectivity index (χ1n) is 6.07. The second-order valence-corrected chi connectivity index (χ2v) is 4.41. The average molecular weight is 237 g/mol. The number of pyridine rings is 1. The van der Waals surface area contributed by atoms with Crippen molar-refractivity contribution in [3.63, 3.8) is 0 Å². The van der Waals surface area contributed by atoms with Crippen LogP contribution in [0.1, 0.15) is 31.4 Å². The first-order valence-corrected chi connectivity index (χ1v) is 6.07. The van der Waals surface area contributed by atoms with Crippen molar-refractivity contribution in [2.75, 3.05) is 7.11 Å². The summed E-state index contributed by atoms with van der Waals surface area (Å²) in [7, 11) is 1.75. The Morgan fingerprint density at radius 2 is 2.18 bits per heavy atom. The van der Waals surface area contributed by atoms with Gasteiger partial charge in [-0.15, -0.1) is 0 Å². The summed E-state index contributed by atoms with van der Waals surface area (Å²) in [4.78, 5) is 4.10. The molecule has 0 amide bonds. The molecule has 0 aromatic carbocycles. The number of aliphatic hydroxyl groups is 1. The molecule has 1 aromatic heterocycles. The molecule has 94 valence electrons. The lowest BCUT2D eigenvalue weighted by molar-refractivity contribution is 0.0208. The monoisotopic (exact) mass is 237 g/mol. The number of hydrogen-bond donors (Lipinski definition) is 1. The predicted octanol–water partition coefficient (Wildman–Crippen LogP) is 1.91. The highest BCUT2D eigenvalue weighted by molar-refractivity contribution is 5.19. The second-order valence-electron chi connectivity index (χ2n) is 4.41. The molecule has 17 heavy (non-hydrogen) atoms. The van der Waals surface area contributed by atoms with Crippen LogP contribution in [0.15, 0.2) is 18.3 Å². The molecule has 4 heteroatoms. The summed E-state index contributed by atoms with van der Waals surface area (Å²) in [5.41, 5.74) is 0.663. The standard InChI is InChI=1S/C13H19NO3/c1-16-11-3-2-4-12(7-11)17-13-6-5-10(9-15)14-8-13/h5-6,8,11-12,15H,2-4,7,9H2,1H3. The third kappa shape index (κ3) is 3.41.